The van der Waals surface area contributed by atoms with Crippen LogP contribution in [-0.4, -0.2) is 35.5 Å². The second kappa shape index (κ2) is 8.81. The first-order valence-corrected chi connectivity index (χ1v) is 9.27. The topological polar surface area (TPSA) is 54.5 Å². The van der Waals surface area contributed by atoms with E-state index < -0.39 is 0 Å². The second-order valence-corrected chi connectivity index (χ2v) is 6.83. The van der Waals surface area contributed by atoms with E-state index in [1.165, 1.54) is 31.9 Å². The van der Waals surface area contributed by atoms with Gasteiger partial charge in [0.2, 0.25) is 5.88 Å². The van der Waals surface area contributed by atoms with E-state index in [1.54, 1.807) is 18.3 Å². The molecule has 1 aromatic heterocycles. The molecule has 0 aliphatic carbocycles. The van der Waals surface area contributed by atoms with Gasteiger partial charge in [0.05, 0.1) is 7.11 Å². The van der Waals surface area contributed by atoms with Gasteiger partial charge in [-0.3, -0.25) is 9.69 Å². The molecule has 2 heterocycles. The van der Waals surface area contributed by atoms with Gasteiger partial charge in [-0.25, -0.2) is 4.98 Å². The number of aromatic nitrogens is 1. The van der Waals surface area contributed by atoms with Crippen LogP contribution in [0.1, 0.15) is 47.7 Å². The maximum atomic E-state index is 12.5. The number of carbonyl (C=O) groups is 1. The van der Waals surface area contributed by atoms with Crippen molar-refractivity contribution in [2.24, 2.45) is 0 Å². The number of amides is 1. The van der Waals surface area contributed by atoms with Gasteiger partial charge < -0.3 is 10.1 Å². The molecule has 1 unspecified atom stereocenters. The van der Waals surface area contributed by atoms with Crippen LogP contribution in [0, 0.1) is 0 Å². The zero-order chi connectivity index (χ0) is 18.4. The van der Waals surface area contributed by atoms with Gasteiger partial charge in [0.1, 0.15) is 5.56 Å². The summed E-state index contributed by atoms with van der Waals surface area (Å²) in [5.74, 6) is 0.177. The van der Waals surface area contributed by atoms with Gasteiger partial charge in [-0.05, 0) is 49.6 Å². The molecule has 0 spiro atoms. The number of hydrogen-bond acceptors (Lipinski definition) is 4. The first kappa shape index (κ1) is 18.4. The number of likely N-dealkylation sites (tertiary alicyclic amines) is 1. The second-order valence-electron chi connectivity index (χ2n) is 6.83. The molecule has 0 bridgehead atoms. The van der Waals surface area contributed by atoms with E-state index >= 15 is 0 Å². The summed E-state index contributed by atoms with van der Waals surface area (Å²) >= 11 is 0. The average Bonchev–Trinajstić information content (AvgIpc) is 2.68. The van der Waals surface area contributed by atoms with Crippen LogP contribution in [0.25, 0.3) is 0 Å². The fourth-order valence-corrected chi connectivity index (χ4v) is 3.49. The molecule has 5 nitrogen and oxygen atoms in total. The third-order valence-corrected chi connectivity index (χ3v) is 5.08. The Bertz CT molecular complexity index is 748. The van der Waals surface area contributed by atoms with E-state index in [1.807, 2.05) is 6.07 Å². The van der Waals surface area contributed by atoms with Crippen molar-refractivity contribution in [2.75, 3.05) is 13.7 Å². The third kappa shape index (κ3) is 4.41. The molecule has 5 heteroatoms. The molecule has 3 rings (SSSR count). The molecular weight excluding hydrogens is 326 g/mol. The minimum absolute atomic E-state index is 0.170. The Kier molecular flexibility index (Phi) is 6.23. The fraction of sp³-hybridized carbons (Fsp3) is 0.429. The number of piperidine rings is 1. The van der Waals surface area contributed by atoms with Crippen molar-refractivity contribution in [3.05, 3.63) is 59.3 Å². The van der Waals surface area contributed by atoms with E-state index in [0.717, 1.165) is 18.7 Å². The molecular formula is C21H27N3O2. The summed E-state index contributed by atoms with van der Waals surface area (Å²) in [5, 5.41) is 3.00. The van der Waals surface area contributed by atoms with Crippen molar-refractivity contribution in [1.29, 1.82) is 0 Å². The number of ether oxygens (including phenoxy) is 1. The molecule has 1 amide bonds. The number of nitrogens with zero attached hydrogens (tertiary/aromatic N) is 2. The predicted octanol–water partition coefficient (Wildman–Crippen LogP) is 3.39. The Morgan fingerprint density at radius 2 is 2.04 bits per heavy atom. The van der Waals surface area contributed by atoms with Gasteiger partial charge in [-0.1, -0.05) is 30.7 Å². The predicted molar refractivity (Wildman–Crippen MR) is 102 cm³/mol. The van der Waals surface area contributed by atoms with E-state index in [9.17, 15) is 4.79 Å². The lowest BCUT2D eigenvalue weighted by Gasteiger charge is -2.33. The van der Waals surface area contributed by atoms with Crippen LogP contribution in [0.4, 0.5) is 0 Å². The molecule has 138 valence electrons. The minimum atomic E-state index is -0.170. The highest BCUT2D eigenvalue weighted by Gasteiger charge is 2.19. The van der Waals surface area contributed by atoms with Gasteiger partial charge in [0, 0.05) is 25.3 Å². The smallest absolute Gasteiger partial charge is 0.257 e. The average molecular weight is 353 g/mol. The molecule has 1 aromatic carbocycles. The van der Waals surface area contributed by atoms with Crippen molar-refractivity contribution in [3.8, 4) is 5.88 Å². The molecule has 1 atom stereocenters. The molecule has 1 aliphatic rings. The quantitative estimate of drug-likeness (QED) is 0.865. The summed E-state index contributed by atoms with van der Waals surface area (Å²) in [6.45, 7) is 4.88. The Labute approximate surface area is 155 Å². The lowest BCUT2D eigenvalue weighted by molar-refractivity contribution is 0.0946. The van der Waals surface area contributed by atoms with Gasteiger partial charge in [-0.2, -0.15) is 0 Å². The standard InChI is InChI=1S/C21H27N3O2/c1-16-8-5-6-13-24(16)15-18-10-4-3-9-17(18)14-23-20(25)19-11-7-12-22-21(19)26-2/h3-4,7,9-12,16H,5-6,8,13-15H2,1-2H3,(H,23,25). The lowest BCUT2D eigenvalue weighted by Crippen LogP contribution is -2.37. The van der Waals surface area contributed by atoms with Gasteiger partial charge in [0.15, 0.2) is 0 Å². The minimum Gasteiger partial charge on any atom is -0.480 e. The van der Waals surface area contributed by atoms with E-state index in [2.05, 4.69) is 40.3 Å². The van der Waals surface area contributed by atoms with Crippen LogP contribution in [0.15, 0.2) is 42.6 Å². The number of methoxy groups -OCH3 is 1. The summed E-state index contributed by atoms with van der Waals surface area (Å²) < 4.78 is 5.18. The van der Waals surface area contributed by atoms with Crippen LogP contribution in [0.5, 0.6) is 5.88 Å². The number of rotatable bonds is 6. The number of nitrogens with one attached hydrogen (secondary N) is 1. The Hall–Kier alpha value is -2.40. The van der Waals surface area contributed by atoms with Crippen molar-refractivity contribution < 1.29 is 9.53 Å². The first-order chi connectivity index (χ1) is 12.7. The number of carbonyl (C=O) groups excluding carboxylic acids is 1. The number of hydrogen-bond donors (Lipinski definition) is 1. The maximum Gasteiger partial charge on any atom is 0.257 e. The first-order valence-electron chi connectivity index (χ1n) is 9.27. The van der Waals surface area contributed by atoms with Crippen molar-refractivity contribution in [3.63, 3.8) is 0 Å². The number of benzene rings is 1. The largest absolute Gasteiger partial charge is 0.480 e. The highest BCUT2D eigenvalue weighted by Crippen LogP contribution is 2.21. The Morgan fingerprint density at radius 1 is 1.23 bits per heavy atom. The molecule has 1 aliphatic heterocycles. The van der Waals surface area contributed by atoms with E-state index in [4.69, 9.17) is 4.74 Å². The van der Waals surface area contributed by atoms with Crippen LogP contribution in [0.3, 0.4) is 0 Å². The summed E-state index contributed by atoms with van der Waals surface area (Å²) in [4.78, 5) is 19.1. The summed E-state index contributed by atoms with van der Waals surface area (Å²) in [7, 11) is 1.52. The SMILES string of the molecule is COc1ncccc1C(=O)NCc1ccccc1CN1CCCCC1C. The van der Waals surface area contributed by atoms with Gasteiger partial charge >= 0.3 is 0 Å². The van der Waals surface area contributed by atoms with E-state index in [0.29, 0.717) is 24.0 Å². The van der Waals surface area contributed by atoms with Gasteiger partial charge in [-0.15, -0.1) is 0 Å². The van der Waals surface area contributed by atoms with Crippen LogP contribution < -0.4 is 10.1 Å². The van der Waals surface area contributed by atoms with E-state index in [-0.39, 0.29) is 5.91 Å². The molecule has 1 fully saturated rings. The Morgan fingerprint density at radius 3 is 2.81 bits per heavy atom. The molecule has 26 heavy (non-hydrogen) atoms. The van der Waals surface area contributed by atoms with Crippen molar-refractivity contribution in [2.45, 2.75) is 45.3 Å². The lowest BCUT2D eigenvalue weighted by atomic mass is 10.0. The van der Waals surface area contributed by atoms with Crippen LogP contribution >= 0.6 is 0 Å². The van der Waals surface area contributed by atoms with Crippen molar-refractivity contribution >= 4 is 5.91 Å². The highest BCUT2D eigenvalue weighted by atomic mass is 16.5. The normalized spacial score (nSPS) is 17.7. The zero-order valence-electron chi connectivity index (χ0n) is 15.6. The summed E-state index contributed by atoms with van der Waals surface area (Å²) in [6.07, 6.45) is 5.47. The highest BCUT2D eigenvalue weighted by molar-refractivity contribution is 5.96. The summed E-state index contributed by atoms with van der Waals surface area (Å²) in [5.41, 5.74) is 2.89. The summed E-state index contributed by atoms with van der Waals surface area (Å²) in [6, 6.07) is 12.4. The molecule has 0 radical (unpaired) electrons. The molecule has 2 aromatic rings. The van der Waals surface area contributed by atoms with Crippen LogP contribution in [-0.2, 0) is 13.1 Å². The third-order valence-electron chi connectivity index (χ3n) is 5.08. The van der Waals surface area contributed by atoms with Gasteiger partial charge in [0.25, 0.3) is 5.91 Å². The maximum absolute atomic E-state index is 12.5. The van der Waals surface area contributed by atoms with Crippen LogP contribution in [0.2, 0.25) is 0 Å². The fourth-order valence-electron chi connectivity index (χ4n) is 3.49. The molecule has 1 saturated heterocycles. The zero-order valence-corrected chi connectivity index (χ0v) is 15.6. The molecule has 0 saturated carbocycles. The number of pyridine rings is 1. The monoisotopic (exact) mass is 353 g/mol. The molecule has 1 N–H and O–H groups in total. The van der Waals surface area contributed by atoms with Crippen molar-refractivity contribution in [1.82, 2.24) is 15.2 Å². The Balaban J connectivity index is 1.67.